The first-order chi connectivity index (χ1) is 5.94. The van der Waals surface area contributed by atoms with E-state index in [4.69, 9.17) is 11.5 Å². The Morgan fingerprint density at radius 2 is 2.08 bits per heavy atom. The summed E-state index contributed by atoms with van der Waals surface area (Å²) in [4.78, 5) is 21.8. The third-order valence-corrected chi connectivity index (χ3v) is 2.13. The van der Waals surface area contributed by atoms with Crippen LogP contribution in [-0.2, 0) is 9.59 Å². The highest BCUT2D eigenvalue weighted by molar-refractivity contribution is 5.89. The van der Waals surface area contributed by atoms with Crippen LogP contribution in [0.3, 0.4) is 0 Å². The molecule has 1 saturated carbocycles. The highest BCUT2D eigenvalue weighted by atomic mass is 16.2. The summed E-state index contributed by atoms with van der Waals surface area (Å²) in [5.41, 5.74) is 9.94. The van der Waals surface area contributed by atoms with Gasteiger partial charge in [-0.2, -0.15) is 0 Å². The number of amides is 2. The zero-order chi connectivity index (χ0) is 10.1. The number of nitrogens with two attached hydrogens (primary N) is 2. The van der Waals surface area contributed by atoms with E-state index in [1.54, 1.807) is 6.92 Å². The third kappa shape index (κ3) is 2.69. The van der Waals surface area contributed by atoms with E-state index in [0.29, 0.717) is 0 Å². The largest absolute Gasteiger partial charge is 0.370 e. The number of hydrogen-bond acceptors (Lipinski definition) is 3. The Labute approximate surface area is 76.8 Å². The van der Waals surface area contributed by atoms with Crippen LogP contribution < -0.4 is 16.8 Å². The van der Waals surface area contributed by atoms with E-state index < -0.39 is 11.4 Å². The molecule has 0 radical (unpaired) electrons. The highest BCUT2D eigenvalue weighted by Crippen LogP contribution is 2.32. The summed E-state index contributed by atoms with van der Waals surface area (Å²) >= 11 is 0. The molecule has 1 aliphatic rings. The number of carbonyl (C=O) groups excluding carboxylic acids is 2. The van der Waals surface area contributed by atoms with Crippen molar-refractivity contribution in [2.45, 2.75) is 37.8 Å². The fraction of sp³-hybridized carbons (Fsp3) is 0.750. The Bertz CT molecular complexity index is 236. The van der Waals surface area contributed by atoms with Crippen molar-refractivity contribution in [1.82, 2.24) is 5.32 Å². The average Bonchev–Trinajstić information content (AvgIpc) is 2.67. The van der Waals surface area contributed by atoms with Crippen molar-refractivity contribution in [2.24, 2.45) is 11.5 Å². The van der Waals surface area contributed by atoms with Gasteiger partial charge in [0.1, 0.15) is 0 Å². The zero-order valence-corrected chi connectivity index (χ0v) is 7.67. The molecule has 1 atom stereocenters. The van der Waals surface area contributed by atoms with Gasteiger partial charge in [0.05, 0.1) is 5.54 Å². The lowest BCUT2D eigenvalue weighted by molar-refractivity contribution is -0.124. The maximum absolute atomic E-state index is 11.3. The van der Waals surface area contributed by atoms with Crippen LogP contribution in [0.1, 0.15) is 26.2 Å². The molecule has 5 N–H and O–H groups in total. The smallest absolute Gasteiger partial charge is 0.240 e. The molecule has 0 heterocycles. The molecule has 1 unspecified atom stereocenters. The van der Waals surface area contributed by atoms with Crippen molar-refractivity contribution < 1.29 is 9.59 Å². The number of hydrogen-bond donors (Lipinski definition) is 3. The van der Waals surface area contributed by atoms with Gasteiger partial charge in [0.15, 0.2) is 0 Å². The normalized spacial score (nSPS) is 20.5. The topological polar surface area (TPSA) is 98.2 Å². The predicted molar refractivity (Wildman–Crippen MR) is 47.6 cm³/mol. The van der Waals surface area contributed by atoms with Crippen molar-refractivity contribution in [1.29, 1.82) is 0 Å². The number of carbonyl (C=O) groups is 2. The van der Waals surface area contributed by atoms with E-state index in [1.165, 1.54) is 0 Å². The molecular weight excluding hydrogens is 170 g/mol. The molecule has 0 aromatic carbocycles. The van der Waals surface area contributed by atoms with Gasteiger partial charge in [-0.05, 0) is 19.8 Å². The number of primary amides is 1. The molecule has 0 aromatic heterocycles. The van der Waals surface area contributed by atoms with Gasteiger partial charge < -0.3 is 16.8 Å². The zero-order valence-electron chi connectivity index (χ0n) is 7.67. The van der Waals surface area contributed by atoms with Crippen LogP contribution in [0.2, 0.25) is 0 Å². The van der Waals surface area contributed by atoms with Crippen LogP contribution in [-0.4, -0.2) is 23.4 Å². The van der Waals surface area contributed by atoms with Crippen LogP contribution in [0.5, 0.6) is 0 Å². The molecule has 0 aliphatic heterocycles. The molecule has 13 heavy (non-hydrogen) atoms. The SMILES string of the molecule is CC(CC(N)=O)NC(=O)C1(N)CC1. The quantitative estimate of drug-likeness (QED) is 0.516. The average molecular weight is 185 g/mol. The van der Waals surface area contributed by atoms with Gasteiger partial charge in [-0.1, -0.05) is 0 Å². The standard InChI is InChI=1S/C8H15N3O2/c1-5(4-6(9)12)11-7(13)8(10)2-3-8/h5H,2-4,10H2,1H3,(H2,9,12)(H,11,13). The van der Waals surface area contributed by atoms with Gasteiger partial charge in [0.2, 0.25) is 11.8 Å². The van der Waals surface area contributed by atoms with Gasteiger partial charge >= 0.3 is 0 Å². The first-order valence-corrected chi connectivity index (χ1v) is 4.32. The molecule has 1 rings (SSSR count). The molecule has 2 amide bonds. The van der Waals surface area contributed by atoms with Crippen LogP contribution in [0.25, 0.3) is 0 Å². The summed E-state index contributed by atoms with van der Waals surface area (Å²) in [5.74, 6) is -0.601. The van der Waals surface area contributed by atoms with Crippen molar-refractivity contribution in [2.75, 3.05) is 0 Å². The molecule has 0 aromatic rings. The molecule has 0 saturated heterocycles. The number of rotatable bonds is 4. The maximum Gasteiger partial charge on any atom is 0.240 e. The molecule has 1 fully saturated rings. The highest BCUT2D eigenvalue weighted by Gasteiger charge is 2.46. The van der Waals surface area contributed by atoms with Crippen molar-refractivity contribution >= 4 is 11.8 Å². The first kappa shape index (κ1) is 9.98. The Morgan fingerprint density at radius 1 is 1.54 bits per heavy atom. The lowest BCUT2D eigenvalue weighted by atomic mass is 10.2. The third-order valence-electron chi connectivity index (χ3n) is 2.13. The second-order valence-corrected chi connectivity index (χ2v) is 3.70. The van der Waals surface area contributed by atoms with E-state index in [2.05, 4.69) is 5.32 Å². The summed E-state index contributed by atoms with van der Waals surface area (Å²) in [6, 6.07) is -0.231. The second-order valence-electron chi connectivity index (χ2n) is 3.70. The van der Waals surface area contributed by atoms with Crippen LogP contribution in [0, 0.1) is 0 Å². The Balaban J connectivity index is 2.31. The fourth-order valence-electron chi connectivity index (χ4n) is 1.08. The van der Waals surface area contributed by atoms with Gasteiger partial charge in [-0.3, -0.25) is 9.59 Å². The summed E-state index contributed by atoms with van der Waals surface area (Å²) < 4.78 is 0. The van der Waals surface area contributed by atoms with Crippen molar-refractivity contribution in [3.63, 3.8) is 0 Å². The minimum absolute atomic E-state index is 0.155. The second kappa shape index (κ2) is 3.33. The van der Waals surface area contributed by atoms with E-state index in [1.807, 2.05) is 0 Å². The first-order valence-electron chi connectivity index (χ1n) is 4.32. The minimum atomic E-state index is -0.675. The maximum atomic E-state index is 11.3. The van der Waals surface area contributed by atoms with Crippen LogP contribution >= 0.6 is 0 Å². The lowest BCUT2D eigenvalue weighted by Crippen LogP contribution is -2.47. The van der Waals surface area contributed by atoms with Gasteiger partial charge in [-0.15, -0.1) is 0 Å². The van der Waals surface area contributed by atoms with Crippen LogP contribution in [0.15, 0.2) is 0 Å². The lowest BCUT2D eigenvalue weighted by Gasteiger charge is -2.15. The minimum Gasteiger partial charge on any atom is -0.370 e. The van der Waals surface area contributed by atoms with Crippen molar-refractivity contribution in [3.8, 4) is 0 Å². The van der Waals surface area contributed by atoms with Crippen LogP contribution in [0.4, 0.5) is 0 Å². The number of nitrogens with one attached hydrogen (secondary N) is 1. The molecule has 1 aliphatic carbocycles. The summed E-state index contributed by atoms with van der Waals surface area (Å²) in [5, 5.41) is 2.65. The predicted octanol–water partition coefficient (Wildman–Crippen LogP) is -1.14. The van der Waals surface area contributed by atoms with E-state index >= 15 is 0 Å². The van der Waals surface area contributed by atoms with E-state index in [9.17, 15) is 9.59 Å². The van der Waals surface area contributed by atoms with E-state index in [0.717, 1.165) is 12.8 Å². The van der Waals surface area contributed by atoms with Crippen molar-refractivity contribution in [3.05, 3.63) is 0 Å². The summed E-state index contributed by atoms with van der Waals surface area (Å²) in [6.07, 6.45) is 1.60. The van der Waals surface area contributed by atoms with E-state index in [-0.39, 0.29) is 18.4 Å². The summed E-state index contributed by atoms with van der Waals surface area (Å²) in [7, 11) is 0. The summed E-state index contributed by atoms with van der Waals surface area (Å²) in [6.45, 7) is 1.73. The molecular formula is C8H15N3O2. The van der Waals surface area contributed by atoms with Gasteiger partial charge in [-0.25, -0.2) is 0 Å². The Kier molecular flexibility index (Phi) is 2.56. The molecule has 74 valence electrons. The molecule has 0 spiro atoms. The van der Waals surface area contributed by atoms with Gasteiger partial charge in [0.25, 0.3) is 0 Å². The molecule has 0 bridgehead atoms. The fourth-order valence-corrected chi connectivity index (χ4v) is 1.08. The Morgan fingerprint density at radius 3 is 2.46 bits per heavy atom. The molecule has 5 heteroatoms. The van der Waals surface area contributed by atoms with Gasteiger partial charge in [0, 0.05) is 12.5 Å². The Hall–Kier alpha value is -1.10. The molecule has 5 nitrogen and oxygen atoms in total. The monoisotopic (exact) mass is 185 g/mol.